The van der Waals surface area contributed by atoms with Gasteiger partial charge in [0.25, 0.3) is 0 Å². The van der Waals surface area contributed by atoms with Crippen molar-refractivity contribution in [1.82, 2.24) is 10.3 Å². The van der Waals surface area contributed by atoms with Crippen LogP contribution in [0.3, 0.4) is 0 Å². The zero-order chi connectivity index (χ0) is 9.10. The van der Waals surface area contributed by atoms with Crippen molar-refractivity contribution in [1.29, 1.82) is 0 Å². The molecule has 0 N–H and O–H groups in total. The van der Waals surface area contributed by atoms with Crippen LogP contribution in [-0.4, -0.2) is 10.3 Å². The average Bonchev–Trinajstić information content (AvgIpc) is 2.61. The largest absolute Gasteiger partial charge is 0.243 e. The van der Waals surface area contributed by atoms with Crippen molar-refractivity contribution in [3.05, 3.63) is 23.8 Å². The minimum Gasteiger partial charge on any atom is -0.243 e. The number of hydrogen-bond acceptors (Lipinski definition) is 3. The molecule has 0 spiro atoms. The Morgan fingerprint density at radius 3 is 2.92 bits per heavy atom. The Balaban J connectivity index is 2.26. The van der Waals surface area contributed by atoms with E-state index in [2.05, 4.69) is 27.9 Å². The smallest absolute Gasteiger partial charge is 0.135 e. The maximum atomic E-state index is 4.62. The number of benzene rings is 1. The number of rotatable bonds is 3. The molecule has 0 amide bonds. The Labute approximate surface area is 76.7 Å². The topological polar surface area (TPSA) is 38.9 Å². The number of unbranched alkanes of at least 4 members (excludes halogenated alkanes) is 1. The lowest BCUT2D eigenvalue weighted by atomic mass is 10.1. The van der Waals surface area contributed by atoms with E-state index < -0.39 is 0 Å². The van der Waals surface area contributed by atoms with Crippen LogP contribution in [0.5, 0.6) is 0 Å². The number of aromatic nitrogens is 2. The van der Waals surface area contributed by atoms with Crippen LogP contribution in [0.15, 0.2) is 22.8 Å². The molecule has 0 aliphatic rings. The molecule has 3 nitrogen and oxygen atoms in total. The molecule has 13 heavy (non-hydrogen) atoms. The van der Waals surface area contributed by atoms with Gasteiger partial charge in [0, 0.05) is 0 Å². The first-order valence-corrected chi connectivity index (χ1v) is 4.61. The average molecular weight is 176 g/mol. The number of hydrogen-bond donors (Lipinski definition) is 0. The van der Waals surface area contributed by atoms with Crippen LogP contribution in [0.4, 0.5) is 0 Å². The fraction of sp³-hybridized carbons (Fsp3) is 0.400. The molecular formula is C10H12N2O. The van der Waals surface area contributed by atoms with E-state index in [0.29, 0.717) is 0 Å². The van der Waals surface area contributed by atoms with Crippen LogP contribution in [0.25, 0.3) is 11.0 Å². The van der Waals surface area contributed by atoms with E-state index in [4.69, 9.17) is 0 Å². The van der Waals surface area contributed by atoms with Crippen LogP contribution < -0.4 is 0 Å². The van der Waals surface area contributed by atoms with E-state index in [9.17, 15) is 0 Å². The lowest BCUT2D eigenvalue weighted by Gasteiger charge is -1.97. The first kappa shape index (κ1) is 8.23. The summed E-state index contributed by atoms with van der Waals surface area (Å²) in [7, 11) is 0. The summed E-state index contributed by atoms with van der Waals surface area (Å²) >= 11 is 0. The first-order chi connectivity index (χ1) is 6.40. The van der Waals surface area contributed by atoms with E-state index in [1.807, 2.05) is 12.1 Å². The summed E-state index contributed by atoms with van der Waals surface area (Å²) in [5.41, 5.74) is 3.00. The zero-order valence-electron chi connectivity index (χ0n) is 7.66. The molecular weight excluding hydrogens is 164 g/mol. The van der Waals surface area contributed by atoms with Crippen molar-refractivity contribution < 1.29 is 4.63 Å². The summed E-state index contributed by atoms with van der Waals surface area (Å²) in [6.07, 6.45) is 3.55. The Bertz CT molecular complexity index is 394. The highest BCUT2D eigenvalue weighted by Crippen LogP contribution is 2.13. The van der Waals surface area contributed by atoms with Crippen molar-refractivity contribution in [2.45, 2.75) is 26.2 Å². The molecule has 2 rings (SSSR count). The van der Waals surface area contributed by atoms with Crippen molar-refractivity contribution >= 4 is 11.0 Å². The normalized spacial score (nSPS) is 10.8. The van der Waals surface area contributed by atoms with Gasteiger partial charge in [0.15, 0.2) is 0 Å². The molecule has 0 atom stereocenters. The highest BCUT2D eigenvalue weighted by Gasteiger charge is 2.00. The van der Waals surface area contributed by atoms with Crippen LogP contribution in [-0.2, 0) is 6.42 Å². The van der Waals surface area contributed by atoms with Crippen molar-refractivity contribution in [3.8, 4) is 0 Å². The standard InChI is InChI=1S/C10H12N2O/c1-2-3-4-8-5-6-9-10(7-8)12-13-11-9/h5-7H,2-4H2,1H3. The maximum absolute atomic E-state index is 4.62. The highest BCUT2D eigenvalue weighted by atomic mass is 16.6. The van der Waals surface area contributed by atoms with Gasteiger partial charge in [-0.15, -0.1) is 0 Å². The van der Waals surface area contributed by atoms with Gasteiger partial charge in [0.05, 0.1) is 0 Å². The molecule has 0 unspecified atom stereocenters. The molecule has 1 aromatic heterocycles. The van der Waals surface area contributed by atoms with Crippen molar-refractivity contribution in [2.75, 3.05) is 0 Å². The molecule has 3 heteroatoms. The third-order valence-electron chi connectivity index (χ3n) is 2.14. The maximum Gasteiger partial charge on any atom is 0.135 e. The summed E-state index contributed by atoms with van der Waals surface area (Å²) in [5, 5.41) is 7.56. The molecule has 68 valence electrons. The molecule has 0 aliphatic heterocycles. The summed E-state index contributed by atoms with van der Waals surface area (Å²) in [4.78, 5) is 0. The molecule has 0 saturated heterocycles. The number of aryl methyl sites for hydroxylation is 1. The second kappa shape index (κ2) is 3.56. The third kappa shape index (κ3) is 1.69. The fourth-order valence-corrected chi connectivity index (χ4v) is 1.36. The molecule has 0 saturated carbocycles. The van der Waals surface area contributed by atoms with E-state index in [0.717, 1.165) is 17.5 Å². The summed E-state index contributed by atoms with van der Waals surface area (Å²) in [5.74, 6) is 0. The lowest BCUT2D eigenvalue weighted by Crippen LogP contribution is -1.83. The van der Waals surface area contributed by atoms with Crippen LogP contribution in [0.1, 0.15) is 25.3 Å². The summed E-state index contributed by atoms with van der Waals surface area (Å²) in [6, 6.07) is 6.08. The van der Waals surface area contributed by atoms with Gasteiger partial charge in [-0.05, 0) is 40.9 Å². The second-order valence-corrected chi connectivity index (χ2v) is 3.19. The monoisotopic (exact) mass is 176 g/mol. The predicted octanol–water partition coefficient (Wildman–Crippen LogP) is 2.57. The second-order valence-electron chi connectivity index (χ2n) is 3.19. The van der Waals surface area contributed by atoms with Gasteiger partial charge in [-0.25, -0.2) is 4.63 Å². The Hall–Kier alpha value is -1.38. The quantitative estimate of drug-likeness (QED) is 0.721. The van der Waals surface area contributed by atoms with E-state index in [1.54, 1.807) is 0 Å². The fourth-order valence-electron chi connectivity index (χ4n) is 1.36. The van der Waals surface area contributed by atoms with Gasteiger partial charge in [0.1, 0.15) is 11.0 Å². The molecule has 0 radical (unpaired) electrons. The molecule has 0 bridgehead atoms. The zero-order valence-corrected chi connectivity index (χ0v) is 7.66. The molecule has 1 heterocycles. The van der Waals surface area contributed by atoms with Gasteiger partial charge in [-0.3, -0.25) is 0 Å². The van der Waals surface area contributed by atoms with Gasteiger partial charge in [0.2, 0.25) is 0 Å². The van der Waals surface area contributed by atoms with Crippen molar-refractivity contribution in [3.63, 3.8) is 0 Å². The van der Waals surface area contributed by atoms with Crippen LogP contribution >= 0.6 is 0 Å². The highest BCUT2D eigenvalue weighted by molar-refractivity contribution is 5.73. The Kier molecular flexibility index (Phi) is 2.25. The SMILES string of the molecule is CCCCc1ccc2nonc2c1. The summed E-state index contributed by atoms with van der Waals surface area (Å²) < 4.78 is 4.62. The van der Waals surface area contributed by atoms with Gasteiger partial charge >= 0.3 is 0 Å². The lowest BCUT2D eigenvalue weighted by molar-refractivity contribution is 0.315. The molecule has 0 aliphatic carbocycles. The number of fused-ring (bicyclic) bond motifs is 1. The Morgan fingerprint density at radius 1 is 1.23 bits per heavy atom. The van der Waals surface area contributed by atoms with E-state index in [1.165, 1.54) is 18.4 Å². The predicted molar refractivity (Wildman–Crippen MR) is 50.4 cm³/mol. The minimum absolute atomic E-state index is 0.834. The third-order valence-corrected chi connectivity index (χ3v) is 2.14. The van der Waals surface area contributed by atoms with Gasteiger partial charge in [-0.2, -0.15) is 0 Å². The van der Waals surface area contributed by atoms with Gasteiger partial charge in [-0.1, -0.05) is 19.4 Å². The van der Waals surface area contributed by atoms with Crippen molar-refractivity contribution in [2.24, 2.45) is 0 Å². The minimum atomic E-state index is 0.834. The van der Waals surface area contributed by atoms with Gasteiger partial charge < -0.3 is 0 Å². The van der Waals surface area contributed by atoms with Crippen LogP contribution in [0, 0.1) is 0 Å². The van der Waals surface area contributed by atoms with Crippen LogP contribution in [0.2, 0.25) is 0 Å². The van der Waals surface area contributed by atoms with E-state index in [-0.39, 0.29) is 0 Å². The molecule has 1 aromatic carbocycles. The first-order valence-electron chi connectivity index (χ1n) is 4.61. The molecule has 2 aromatic rings. The molecule has 0 fully saturated rings. The Morgan fingerprint density at radius 2 is 2.08 bits per heavy atom. The number of nitrogens with zero attached hydrogens (tertiary/aromatic N) is 2. The van der Waals surface area contributed by atoms with E-state index >= 15 is 0 Å². The summed E-state index contributed by atoms with van der Waals surface area (Å²) in [6.45, 7) is 2.19.